The summed E-state index contributed by atoms with van der Waals surface area (Å²) in [5.74, 6) is -2.18. The van der Waals surface area contributed by atoms with Gasteiger partial charge in [-0.05, 0) is 39.3 Å². The van der Waals surface area contributed by atoms with Crippen molar-refractivity contribution >= 4 is 94.3 Å². The Morgan fingerprint density at radius 1 is 0.833 bits per heavy atom. The minimum absolute atomic E-state index is 0.000926. The average molecular weight is 620 g/mol. The number of hydrogen-bond donors (Lipinski definition) is 2. The molecule has 210 valence electrons. The minimum atomic E-state index is -1.67. The summed E-state index contributed by atoms with van der Waals surface area (Å²) in [6.07, 6.45) is 1.72. The zero-order valence-corrected chi connectivity index (χ0v) is 24.0. The quantitative estimate of drug-likeness (QED) is 0.212. The number of cyclic esters (lactones) is 1. The molecule has 1 fully saturated rings. The molecule has 1 atom stereocenters. The smallest absolute Gasteiger partial charge is 0.307 e. The fraction of sp³-hybridized carbons (Fsp3) is 0.650. The largest absolute Gasteiger partial charge is 0.481 e. The molecule has 1 unspecified atom stereocenters. The number of Topliss-reactive ketones (excluding diaryl/α,β-unsaturated/α-hetero) is 3. The highest BCUT2D eigenvalue weighted by molar-refractivity contribution is 8.26. The van der Waals surface area contributed by atoms with Crippen LogP contribution in [-0.2, 0) is 47.5 Å². The molecule has 1 heterocycles. The first-order valence-electron chi connectivity index (χ1n) is 9.97. The number of alkyl halides is 1. The van der Waals surface area contributed by atoms with Crippen molar-refractivity contribution < 1.29 is 52.7 Å². The number of carbonyl (C=O) groups is 7. The van der Waals surface area contributed by atoms with Crippen molar-refractivity contribution in [2.75, 3.05) is 0 Å². The summed E-state index contributed by atoms with van der Waals surface area (Å²) in [6.45, 7) is 5.88. The first-order valence-corrected chi connectivity index (χ1v) is 13.5. The third-order valence-corrected chi connectivity index (χ3v) is 3.61. The monoisotopic (exact) mass is 618 g/mol. The van der Waals surface area contributed by atoms with E-state index in [1.165, 1.54) is 20.8 Å². The summed E-state index contributed by atoms with van der Waals surface area (Å²) in [5.41, 5.74) is 0. The highest BCUT2D eigenvalue weighted by Crippen LogP contribution is 2.29. The van der Waals surface area contributed by atoms with Gasteiger partial charge in [0.15, 0.2) is 5.06 Å². The van der Waals surface area contributed by atoms with Crippen molar-refractivity contribution in [2.24, 2.45) is 0 Å². The number of aliphatic carboxylic acids is 2. The maximum atomic E-state index is 10.4. The Balaban J connectivity index is -0.000000181. The standard InChI is InChI=1S/2C5H7ClO2.2C5H8O3.Cl2OS/c1-5(6)3-2-4(7)8-5;1-4(7)2-3-5(6)8;2*1-4(6)2-3-5(7)8;1-4(2)3/h2*2-3H2,1H3;2*2-3H2,1H3,(H,7,8);. The van der Waals surface area contributed by atoms with Gasteiger partial charge in [-0.2, -0.15) is 0 Å². The lowest BCUT2D eigenvalue weighted by Crippen LogP contribution is -2.13. The zero-order chi connectivity index (χ0) is 29.5. The van der Waals surface area contributed by atoms with E-state index >= 15 is 0 Å². The van der Waals surface area contributed by atoms with Crippen molar-refractivity contribution in [3.63, 3.8) is 0 Å². The molecule has 0 saturated carbocycles. The molecule has 0 bridgehead atoms. The Morgan fingerprint density at radius 3 is 1.22 bits per heavy atom. The van der Waals surface area contributed by atoms with Gasteiger partial charge in [0.2, 0.25) is 14.5 Å². The first-order chi connectivity index (χ1) is 16.2. The molecule has 2 N–H and O–H groups in total. The van der Waals surface area contributed by atoms with Gasteiger partial charge in [0.1, 0.15) is 17.3 Å². The third kappa shape index (κ3) is 53.7. The highest BCUT2D eigenvalue weighted by atomic mass is 36.0. The van der Waals surface area contributed by atoms with E-state index in [0.717, 1.165) is 0 Å². The minimum Gasteiger partial charge on any atom is -0.481 e. The molecule has 1 saturated heterocycles. The maximum absolute atomic E-state index is 10.4. The SMILES string of the molecule is CC(=O)CCC(=O)Cl.CC(=O)CCC(=O)O.CC(=O)CCC(=O)O.CC1(Cl)CCC(=O)O1.O=S(Cl)Cl. The van der Waals surface area contributed by atoms with E-state index in [9.17, 15) is 33.6 Å². The summed E-state index contributed by atoms with van der Waals surface area (Å²) in [4.78, 5) is 70.1. The predicted octanol–water partition coefficient (Wildman–Crippen LogP) is 4.32. The Labute approximate surface area is 230 Å². The third-order valence-electron chi connectivity index (χ3n) is 3.16. The Bertz CT molecular complexity index is 658. The average Bonchev–Trinajstić information content (AvgIpc) is 3.00. The van der Waals surface area contributed by atoms with E-state index in [1.807, 2.05) is 0 Å². The molecule has 0 aliphatic carbocycles. The van der Waals surface area contributed by atoms with Crippen LogP contribution in [0.1, 0.15) is 79.1 Å². The number of halogens is 4. The normalized spacial score (nSPS) is 15.1. The summed E-state index contributed by atoms with van der Waals surface area (Å²) < 4.78 is 13.8. The van der Waals surface area contributed by atoms with Crippen molar-refractivity contribution in [1.29, 1.82) is 0 Å². The molecule has 11 nitrogen and oxygen atoms in total. The Hall–Kier alpha value is -1.60. The topological polar surface area (TPSA) is 186 Å². The van der Waals surface area contributed by atoms with Gasteiger partial charge in [0.05, 0.1) is 19.3 Å². The lowest BCUT2D eigenvalue weighted by atomic mass is 10.2. The fourth-order valence-corrected chi connectivity index (χ4v) is 1.78. The number of carbonyl (C=O) groups excluding carboxylic acids is 5. The van der Waals surface area contributed by atoms with Crippen molar-refractivity contribution in [1.82, 2.24) is 0 Å². The second-order valence-electron chi connectivity index (χ2n) is 7.01. The van der Waals surface area contributed by atoms with E-state index < -0.39 is 31.5 Å². The van der Waals surface area contributed by atoms with E-state index in [0.29, 0.717) is 12.8 Å². The lowest BCUT2D eigenvalue weighted by Gasteiger charge is -2.10. The van der Waals surface area contributed by atoms with Crippen LogP contribution in [0.3, 0.4) is 0 Å². The van der Waals surface area contributed by atoms with Gasteiger partial charge in [-0.1, -0.05) is 11.6 Å². The van der Waals surface area contributed by atoms with Crippen LogP contribution in [0.2, 0.25) is 0 Å². The number of carboxylic acids is 2. The van der Waals surface area contributed by atoms with Gasteiger partial charge < -0.3 is 29.3 Å². The highest BCUT2D eigenvalue weighted by Gasteiger charge is 2.32. The van der Waals surface area contributed by atoms with Crippen LogP contribution in [0.15, 0.2) is 0 Å². The van der Waals surface area contributed by atoms with E-state index in [1.54, 1.807) is 6.92 Å². The van der Waals surface area contributed by atoms with Crippen LogP contribution in [0.5, 0.6) is 0 Å². The van der Waals surface area contributed by atoms with Crippen LogP contribution < -0.4 is 0 Å². The zero-order valence-electron chi connectivity index (χ0n) is 20.1. The fourth-order valence-electron chi connectivity index (χ4n) is 1.50. The summed E-state index contributed by atoms with van der Waals surface area (Å²) in [7, 11) is 7.36. The van der Waals surface area contributed by atoms with Crippen LogP contribution in [0.4, 0.5) is 0 Å². The van der Waals surface area contributed by atoms with Crippen LogP contribution in [0, 0.1) is 0 Å². The molecule has 0 aromatic heterocycles. The van der Waals surface area contributed by atoms with E-state index in [2.05, 4.69) is 26.1 Å². The summed E-state index contributed by atoms with van der Waals surface area (Å²) in [5, 5.41) is 14.9. The lowest BCUT2D eigenvalue weighted by molar-refractivity contribution is -0.142. The molecule has 0 spiro atoms. The van der Waals surface area contributed by atoms with Crippen LogP contribution in [-0.4, -0.2) is 60.0 Å². The first kappa shape index (κ1) is 41.5. The number of esters is 1. The summed E-state index contributed by atoms with van der Waals surface area (Å²) >= 11 is 10.6. The number of ether oxygens (including phenoxy) is 1. The van der Waals surface area contributed by atoms with Gasteiger partial charge >= 0.3 is 17.9 Å². The molecule has 1 rings (SSSR count). The molecule has 0 aromatic carbocycles. The molecule has 36 heavy (non-hydrogen) atoms. The van der Waals surface area contributed by atoms with Crippen LogP contribution >= 0.6 is 44.6 Å². The Kier molecular flexibility index (Phi) is 28.9. The number of rotatable bonds is 9. The molecule has 16 heteroatoms. The molecular weight excluding hydrogens is 590 g/mol. The molecule has 0 amide bonds. The predicted molar refractivity (Wildman–Crippen MR) is 135 cm³/mol. The number of carboxylic acid groups (broad SMARTS) is 2. The molecule has 0 radical (unpaired) electrons. The van der Waals surface area contributed by atoms with Crippen LogP contribution in [0.25, 0.3) is 0 Å². The van der Waals surface area contributed by atoms with Gasteiger partial charge in [-0.15, -0.1) is 0 Å². The van der Waals surface area contributed by atoms with E-state index in [4.69, 9.17) is 37.6 Å². The molecular formula is C20H30Cl4O11S. The van der Waals surface area contributed by atoms with Gasteiger partial charge in [0, 0.05) is 53.5 Å². The van der Waals surface area contributed by atoms with Gasteiger partial charge in [-0.3, -0.25) is 19.2 Å². The van der Waals surface area contributed by atoms with Crippen molar-refractivity contribution in [2.45, 2.75) is 84.1 Å². The second kappa shape index (κ2) is 25.1. The number of ketones is 3. The number of hydrogen-bond acceptors (Lipinski definition) is 9. The van der Waals surface area contributed by atoms with Gasteiger partial charge in [0.25, 0.3) is 0 Å². The molecule has 0 aromatic rings. The molecule has 1 aliphatic rings. The molecule has 1 aliphatic heterocycles. The second-order valence-corrected chi connectivity index (χ2v) is 10.8. The van der Waals surface area contributed by atoms with Gasteiger partial charge in [-0.25, -0.2) is 4.21 Å². The van der Waals surface area contributed by atoms with Crippen molar-refractivity contribution in [3.8, 4) is 0 Å². The maximum Gasteiger partial charge on any atom is 0.307 e. The summed E-state index contributed by atoms with van der Waals surface area (Å²) in [6, 6.07) is 0. The Morgan fingerprint density at radius 2 is 1.14 bits per heavy atom. The van der Waals surface area contributed by atoms with Crippen molar-refractivity contribution in [3.05, 3.63) is 0 Å². The van der Waals surface area contributed by atoms with E-state index in [-0.39, 0.29) is 61.8 Å².